The Hall–Kier alpha value is -7.25. The Kier molecular flexibility index (Phi) is 44.1. The summed E-state index contributed by atoms with van der Waals surface area (Å²) in [5.74, 6) is 8.18. The van der Waals surface area contributed by atoms with Crippen LogP contribution in [0.1, 0.15) is 205 Å². The van der Waals surface area contributed by atoms with Crippen LogP contribution in [0, 0.1) is 52.2 Å². The van der Waals surface area contributed by atoms with E-state index >= 15 is 0 Å². The summed E-state index contributed by atoms with van der Waals surface area (Å²) in [6.07, 6.45) is 21.5. The number of piperazine rings is 1. The predicted molar refractivity (Wildman–Crippen MR) is 466 cm³/mol. The van der Waals surface area contributed by atoms with Gasteiger partial charge in [-0.05, 0) is 167 Å². The Morgan fingerprint density at radius 2 is 1.23 bits per heavy atom. The number of hydrogen-bond acceptors (Lipinski definition) is 24. The number of alkyl carbamates (subject to hydrolysis) is 1. The lowest BCUT2D eigenvalue weighted by Gasteiger charge is -2.58. The van der Waals surface area contributed by atoms with Crippen LogP contribution in [0.3, 0.4) is 0 Å². The van der Waals surface area contributed by atoms with Crippen LogP contribution in [0.5, 0.6) is 0 Å². The van der Waals surface area contributed by atoms with Crippen LogP contribution in [-0.2, 0) is 87.9 Å². The van der Waals surface area contributed by atoms with E-state index in [9.17, 15) is 33.2 Å². The molecule has 0 bridgehead atoms. The number of fused-ring (bicyclic) bond motifs is 6. The van der Waals surface area contributed by atoms with Gasteiger partial charge in [0.15, 0.2) is 11.3 Å². The van der Waals surface area contributed by atoms with Crippen molar-refractivity contribution in [2.45, 2.75) is 209 Å². The normalized spacial score (nSPS) is 20.9. The molecule has 9 rings (SSSR count). The maximum Gasteiger partial charge on any atom is 0.407 e. The van der Waals surface area contributed by atoms with Crippen LogP contribution in [0.25, 0.3) is 16.9 Å². The second-order valence-electron chi connectivity index (χ2n) is 35.8. The zero-order valence-corrected chi connectivity index (χ0v) is 76.3. The molecule has 0 radical (unpaired) electrons. The number of carbonyl (C=O) groups excluding carboxylic acids is 6. The Balaban J connectivity index is 0.000000310. The summed E-state index contributed by atoms with van der Waals surface area (Å²) in [6, 6.07) is 7.27. The van der Waals surface area contributed by atoms with Gasteiger partial charge in [0.1, 0.15) is 30.2 Å². The van der Waals surface area contributed by atoms with Gasteiger partial charge < -0.3 is 87.3 Å². The zero-order valence-electron chi connectivity index (χ0n) is 76.3. The third-order valence-corrected chi connectivity index (χ3v) is 24.8. The zero-order chi connectivity index (χ0) is 89.3. The van der Waals surface area contributed by atoms with E-state index in [1.165, 1.54) is 80.0 Å². The van der Waals surface area contributed by atoms with Crippen molar-refractivity contribution in [2.24, 2.45) is 52.2 Å². The second-order valence-corrected chi connectivity index (χ2v) is 35.8. The maximum atomic E-state index is 14.0. The Bertz CT molecular complexity index is 3860. The summed E-state index contributed by atoms with van der Waals surface area (Å²) in [7, 11) is 1.63. The molecule has 1 saturated heterocycles. The van der Waals surface area contributed by atoms with E-state index in [1.54, 1.807) is 39.8 Å². The molecule has 1 aliphatic heterocycles. The summed E-state index contributed by atoms with van der Waals surface area (Å²) < 4.78 is 87.4. The average Bonchev–Trinajstić information content (AvgIpc) is 1.49. The summed E-state index contributed by atoms with van der Waals surface area (Å²) in [4.78, 5) is 86.0. The van der Waals surface area contributed by atoms with E-state index < -0.39 is 17.5 Å². The molecule has 3 aromatic heterocycles. The molecule has 6 N–H and O–H groups in total. The standard InChI is InChI=1S/C46H82N4O8.C45H66FN9O11/c1-7-24-54-26-28-56-30-31-57-29-27-55-25-20-42(51)49-41(43(52)50-47)13-8-9-23-48-44(53)58-36-18-21-45(5)35(32-36)14-15-37-39-17-16-38(34(4)12-10-11-33(2)3)46(39,6)22-19-40(37)45;1-44(2,3)36-29-37(34-7-9-35(46)10-8-34)50-55-31-38(48-41(36)55)43(58)54-13-12-52(33-45(54,4)5)42(57)39-30-53(51-49-39)32-40(56)47-11-14-60-17-18-62-21-22-64-25-26-66-28-27-65-24-23-63-20-19-61-16-15-59-6/h14,33-34,36-41H,7-13,15-32,47H2,1-6H3,(H,48,53)(H,49,51)(H,50,52);7-10,29-31H,11-28,32-33H2,1-6H3,(H,47,56)/t34-,36+,37+,38-,39+,40+,41-,45+,46-;/m1./s1. The number of allylic oxidation sites excluding steroid dienone is 1. The van der Waals surface area contributed by atoms with Gasteiger partial charge in [0.05, 0.1) is 169 Å². The second kappa shape index (κ2) is 53.5. The lowest BCUT2D eigenvalue weighted by molar-refractivity contribution is -0.129. The summed E-state index contributed by atoms with van der Waals surface area (Å²) >= 11 is 0. The number of benzene rings is 1. The van der Waals surface area contributed by atoms with Crippen LogP contribution in [-0.4, -0.2) is 284 Å². The van der Waals surface area contributed by atoms with Crippen LogP contribution in [0.15, 0.2) is 54.4 Å². The lowest BCUT2D eigenvalue weighted by Crippen LogP contribution is -2.62. The van der Waals surface area contributed by atoms with Crippen molar-refractivity contribution in [3.8, 4) is 11.3 Å². The number of ether oxygens (including phenoxy) is 13. The highest BCUT2D eigenvalue weighted by Gasteiger charge is 2.59. The first-order valence-electron chi connectivity index (χ1n) is 45.4. The number of carbonyl (C=O) groups is 6. The number of rotatable bonds is 56. The van der Waals surface area contributed by atoms with E-state index in [-0.39, 0.29) is 110 Å². The Morgan fingerprint density at radius 1 is 0.629 bits per heavy atom. The topological polar surface area (TPSA) is 364 Å². The van der Waals surface area contributed by atoms with Gasteiger partial charge in [0.25, 0.3) is 17.7 Å². The summed E-state index contributed by atoms with van der Waals surface area (Å²) in [6.45, 7) is 36.5. The van der Waals surface area contributed by atoms with Crippen LogP contribution < -0.4 is 27.2 Å². The van der Waals surface area contributed by atoms with E-state index in [0.717, 1.165) is 78.9 Å². The number of unbranched alkanes of at least 4 members (excludes halogenated alkanes) is 1. The van der Waals surface area contributed by atoms with Gasteiger partial charge in [-0.1, -0.05) is 98.4 Å². The molecular formula is C91H148FN13O19. The lowest BCUT2D eigenvalue weighted by atomic mass is 9.47. The largest absolute Gasteiger partial charge is 0.446 e. The van der Waals surface area contributed by atoms with E-state index in [2.05, 4.69) is 100 Å². The number of nitrogens with one attached hydrogen (secondary N) is 4. The smallest absolute Gasteiger partial charge is 0.407 e. The molecule has 4 aromatic rings. The highest BCUT2D eigenvalue weighted by molar-refractivity contribution is 5.95. The van der Waals surface area contributed by atoms with Gasteiger partial charge >= 0.3 is 6.09 Å². The fourth-order valence-corrected chi connectivity index (χ4v) is 18.2. The predicted octanol–water partition coefficient (Wildman–Crippen LogP) is 10.3. The number of hydrogen-bond donors (Lipinski definition) is 5. The fourth-order valence-electron chi connectivity index (χ4n) is 18.2. The average molecular weight is 1750 g/mol. The summed E-state index contributed by atoms with van der Waals surface area (Å²) in [5.41, 5.74) is 6.39. The van der Waals surface area contributed by atoms with Crippen LogP contribution in [0.4, 0.5) is 9.18 Å². The van der Waals surface area contributed by atoms with Crippen molar-refractivity contribution in [2.75, 3.05) is 192 Å². The molecule has 1 aromatic carbocycles. The van der Waals surface area contributed by atoms with Crippen molar-refractivity contribution in [1.82, 2.24) is 60.8 Å². The van der Waals surface area contributed by atoms with E-state index in [4.69, 9.17) is 77.5 Å². The van der Waals surface area contributed by atoms with Gasteiger partial charge in [0, 0.05) is 70.4 Å². The fraction of sp³-hybridized carbons (Fsp3) is 0.758. The van der Waals surface area contributed by atoms with Crippen molar-refractivity contribution >= 4 is 41.3 Å². The van der Waals surface area contributed by atoms with Crippen molar-refractivity contribution in [3.63, 3.8) is 0 Å². The van der Waals surface area contributed by atoms with Gasteiger partial charge in [-0.2, -0.15) is 5.10 Å². The minimum Gasteiger partial charge on any atom is -0.446 e. The highest BCUT2D eigenvalue weighted by atomic mass is 19.1. The van der Waals surface area contributed by atoms with Gasteiger partial charge in [-0.3, -0.25) is 29.4 Å². The number of aromatic nitrogens is 6. The third-order valence-electron chi connectivity index (χ3n) is 24.8. The van der Waals surface area contributed by atoms with E-state index in [1.807, 2.05) is 19.9 Å². The molecular weight excluding hydrogens is 1600 g/mol. The summed E-state index contributed by atoms with van der Waals surface area (Å²) in [5, 5.41) is 21.2. The molecule has 6 amide bonds. The number of nitrogens with two attached hydrogens (primary N) is 1. The number of amides is 6. The first kappa shape index (κ1) is 102. The van der Waals surface area contributed by atoms with Crippen LogP contribution in [0.2, 0.25) is 0 Å². The molecule has 32 nitrogen and oxygen atoms in total. The maximum absolute atomic E-state index is 14.0. The molecule has 33 heteroatoms. The highest BCUT2D eigenvalue weighted by Crippen LogP contribution is 2.67. The molecule has 0 unspecified atom stereocenters. The molecule has 5 aliphatic rings. The van der Waals surface area contributed by atoms with Crippen molar-refractivity contribution < 1.29 is 94.7 Å². The minimum atomic E-state index is -0.767. The number of hydrazine groups is 1. The number of imidazole rings is 1. The Morgan fingerprint density at radius 3 is 1.81 bits per heavy atom. The first-order valence-corrected chi connectivity index (χ1v) is 45.4. The minimum absolute atomic E-state index is 0.0920. The van der Waals surface area contributed by atoms with Gasteiger partial charge in [0.2, 0.25) is 11.8 Å². The third kappa shape index (κ3) is 32.8. The number of nitrogens with zero attached hydrogens (tertiary/aromatic N) is 8. The molecule has 0 spiro atoms. The molecule has 9 atom stereocenters. The quantitative estimate of drug-likeness (QED) is 0.00901. The van der Waals surface area contributed by atoms with Crippen molar-refractivity contribution in [3.05, 3.63) is 77.1 Å². The Labute approximate surface area is 734 Å². The first-order chi connectivity index (χ1) is 59.7. The molecule has 124 heavy (non-hydrogen) atoms. The van der Waals surface area contributed by atoms with E-state index in [0.29, 0.717) is 181 Å². The number of halogens is 1. The molecule has 698 valence electrons. The van der Waals surface area contributed by atoms with Gasteiger partial charge in [-0.15, -0.1) is 5.10 Å². The number of methoxy groups -OCH3 is 1. The molecule has 4 fully saturated rings. The van der Waals surface area contributed by atoms with Crippen LogP contribution >= 0.6 is 0 Å². The molecule has 4 heterocycles. The van der Waals surface area contributed by atoms with Crippen molar-refractivity contribution in [1.29, 1.82) is 0 Å². The SMILES string of the molecule is CCCOCCOCCOCCOCCC(=O)N[C@H](CCCCNC(=O)O[C@H]1CC[C@@]2(C)C(=CC[C@H]3[C@@H]4CC[C@H]([C@H](C)CCCC(C)C)[C@@]4(C)CC[C@@H]32)C1)C(=O)NN.COCCOCCOCCOCCOCCOCCOCCOCCNC(=O)Cn1cc(C(=O)N2CCN(C(=O)c3cn4nc(-c5ccc(F)cc5)cc(C(C)(C)C)c4n3)C(C)(C)C2)nn1. The van der Waals surface area contributed by atoms with Gasteiger partial charge in [-0.25, -0.2) is 29.2 Å². The molecule has 4 aliphatic carbocycles. The molecule has 3 saturated carbocycles. The monoisotopic (exact) mass is 1750 g/mol.